The first-order valence-electron chi connectivity index (χ1n) is 6.44. The molecule has 1 atom stereocenters. The SMILES string of the molecule is Cc1cc(C(=O)NCC[C@H]2CCCN2)ccc1F. The highest BCUT2D eigenvalue weighted by molar-refractivity contribution is 5.94. The number of hydrogen-bond acceptors (Lipinski definition) is 2. The quantitative estimate of drug-likeness (QED) is 0.858. The van der Waals surface area contributed by atoms with Gasteiger partial charge in [0.15, 0.2) is 0 Å². The van der Waals surface area contributed by atoms with Gasteiger partial charge in [-0.1, -0.05) is 0 Å². The van der Waals surface area contributed by atoms with E-state index < -0.39 is 0 Å². The summed E-state index contributed by atoms with van der Waals surface area (Å²) < 4.78 is 13.1. The van der Waals surface area contributed by atoms with Gasteiger partial charge in [0.1, 0.15) is 5.82 Å². The number of carbonyl (C=O) groups excluding carboxylic acids is 1. The summed E-state index contributed by atoms with van der Waals surface area (Å²) in [6.45, 7) is 3.40. The molecule has 0 radical (unpaired) electrons. The molecule has 1 aromatic carbocycles. The van der Waals surface area contributed by atoms with Crippen LogP contribution < -0.4 is 10.6 Å². The lowest BCUT2D eigenvalue weighted by Crippen LogP contribution is -2.30. The maximum Gasteiger partial charge on any atom is 0.251 e. The molecule has 1 amide bonds. The Kier molecular flexibility index (Phi) is 4.31. The second kappa shape index (κ2) is 5.96. The monoisotopic (exact) mass is 250 g/mol. The Balaban J connectivity index is 1.81. The van der Waals surface area contributed by atoms with Crippen LogP contribution in [0.2, 0.25) is 0 Å². The van der Waals surface area contributed by atoms with E-state index in [0.29, 0.717) is 23.7 Å². The molecule has 0 bridgehead atoms. The molecule has 1 saturated heterocycles. The first-order valence-corrected chi connectivity index (χ1v) is 6.44. The third kappa shape index (κ3) is 3.29. The number of rotatable bonds is 4. The molecule has 3 nitrogen and oxygen atoms in total. The highest BCUT2D eigenvalue weighted by Gasteiger charge is 2.14. The third-order valence-corrected chi connectivity index (χ3v) is 3.36. The molecule has 0 saturated carbocycles. The number of carbonyl (C=O) groups is 1. The Bertz CT molecular complexity index is 428. The fourth-order valence-electron chi connectivity index (χ4n) is 2.25. The lowest BCUT2D eigenvalue weighted by molar-refractivity contribution is 0.0952. The molecule has 4 heteroatoms. The normalized spacial score (nSPS) is 18.9. The minimum atomic E-state index is -0.276. The number of benzene rings is 1. The Labute approximate surface area is 107 Å². The van der Waals surface area contributed by atoms with Crippen molar-refractivity contribution in [3.63, 3.8) is 0 Å². The largest absolute Gasteiger partial charge is 0.352 e. The summed E-state index contributed by atoms with van der Waals surface area (Å²) in [4.78, 5) is 11.8. The molecule has 1 heterocycles. The van der Waals surface area contributed by atoms with Gasteiger partial charge in [-0.15, -0.1) is 0 Å². The smallest absolute Gasteiger partial charge is 0.251 e. The van der Waals surface area contributed by atoms with E-state index in [0.717, 1.165) is 13.0 Å². The lowest BCUT2D eigenvalue weighted by atomic mass is 10.1. The zero-order chi connectivity index (χ0) is 13.0. The molecule has 0 aromatic heterocycles. The summed E-state index contributed by atoms with van der Waals surface area (Å²) in [5.74, 6) is -0.405. The van der Waals surface area contributed by atoms with Crippen LogP contribution in [0.25, 0.3) is 0 Å². The van der Waals surface area contributed by atoms with Gasteiger partial charge < -0.3 is 10.6 Å². The Morgan fingerprint density at radius 1 is 1.56 bits per heavy atom. The Morgan fingerprint density at radius 3 is 3.06 bits per heavy atom. The fraction of sp³-hybridized carbons (Fsp3) is 0.500. The fourth-order valence-corrected chi connectivity index (χ4v) is 2.25. The van der Waals surface area contributed by atoms with E-state index in [2.05, 4.69) is 10.6 Å². The van der Waals surface area contributed by atoms with Crippen molar-refractivity contribution < 1.29 is 9.18 Å². The van der Waals surface area contributed by atoms with Gasteiger partial charge in [0.05, 0.1) is 0 Å². The third-order valence-electron chi connectivity index (χ3n) is 3.36. The van der Waals surface area contributed by atoms with Crippen LogP contribution in [0.5, 0.6) is 0 Å². The first-order chi connectivity index (χ1) is 8.66. The maximum absolute atomic E-state index is 13.1. The standard InChI is InChI=1S/C14H19FN2O/c1-10-9-11(4-5-13(10)15)14(18)17-8-6-12-3-2-7-16-12/h4-5,9,12,16H,2-3,6-8H2,1H3,(H,17,18)/t12-/m1/s1. The van der Waals surface area contributed by atoms with Gasteiger partial charge in [0.25, 0.3) is 5.91 Å². The maximum atomic E-state index is 13.1. The zero-order valence-electron chi connectivity index (χ0n) is 10.6. The number of halogens is 1. The van der Waals surface area contributed by atoms with Crippen LogP contribution in [0.15, 0.2) is 18.2 Å². The minimum absolute atomic E-state index is 0.129. The van der Waals surface area contributed by atoms with Gasteiger partial charge in [-0.2, -0.15) is 0 Å². The van der Waals surface area contributed by atoms with E-state index >= 15 is 0 Å². The summed E-state index contributed by atoms with van der Waals surface area (Å²) in [7, 11) is 0. The number of nitrogens with one attached hydrogen (secondary N) is 2. The van der Waals surface area contributed by atoms with Crippen molar-refractivity contribution in [1.82, 2.24) is 10.6 Å². The van der Waals surface area contributed by atoms with Crippen LogP contribution in [0, 0.1) is 12.7 Å². The molecule has 2 N–H and O–H groups in total. The summed E-state index contributed by atoms with van der Waals surface area (Å²) in [6, 6.07) is 4.97. The molecule has 1 aliphatic heterocycles. The lowest BCUT2D eigenvalue weighted by Gasteiger charge is -2.11. The molecule has 98 valence electrons. The predicted octanol–water partition coefficient (Wildman–Crippen LogP) is 2.01. The van der Waals surface area contributed by atoms with Gasteiger partial charge in [0.2, 0.25) is 0 Å². The molecule has 0 spiro atoms. The van der Waals surface area contributed by atoms with Crippen molar-refractivity contribution in [2.24, 2.45) is 0 Å². The molecular formula is C14H19FN2O. The molecule has 1 aromatic rings. The van der Waals surface area contributed by atoms with E-state index in [1.165, 1.54) is 25.0 Å². The minimum Gasteiger partial charge on any atom is -0.352 e. The van der Waals surface area contributed by atoms with E-state index in [9.17, 15) is 9.18 Å². The van der Waals surface area contributed by atoms with Crippen molar-refractivity contribution in [1.29, 1.82) is 0 Å². The van der Waals surface area contributed by atoms with Crippen LogP contribution in [-0.2, 0) is 0 Å². The predicted molar refractivity (Wildman–Crippen MR) is 69.1 cm³/mol. The summed E-state index contributed by atoms with van der Waals surface area (Å²) in [5.41, 5.74) is 1.02. The summed E-state index contributed by atoms with van der Waals surface area (Å²) >= 11 is 0. The number of amides is 1. The van der Waals surface area contributed by atoms with E-state index in [1.54, 1.807) is 13.0 Å². The molecule has 1 aliphatic rings. The molecule has 2 rings (SSSR count). The highest BCUT2D eigenvalue weighted by Crippen LogP contribution is 2.10. The van der Waals surface area contributed by atoms with Crippen molar-refractivity contribution in [3.8, 4) is 0 Å². The van der Waals surface area contributed by atoms with Crippen LogP contribution in [0.3, 0.4) is 0 Å². The van der Waals surface area contributed by atoms with E-state index in [-0.39, 0.29) is 11.7 Å². The Hall–Kier alpha value is -1.42. The molecular weight excluding hydrogens is 231 g/mol. The molecule has 1 fully saturated rings. The second-order valence-corrected chi connectivity index (χ2v) is 4.80. The van der Waals surface area contributed by atoms with Gasteiger partial charge in [-0.05, 0) is 56.5 Å². The number of aryl methyl sites for hydroxylation is 1. The summed E-state index contributed by atoms with van der Waals surface area (Å²) in [6.07, 6.45) is 3.35. The Morgan fingerprint density at radius 2 is 2.39 bits per heavy atom. The van der Waals surface area contributed by atoms with Gasteiger partial charge >= 0.3 is 0 Å². The summed E-state index contributed by atoms with van der Waals surface area (Å²) in [5, 5.41) is 6.26. The van der Waals surface area contributed by atoms with E-state index in [1.807, 2.05) is 0 Å². The first kappa shape index (κ1) is 13.0. The molecule has 18 heavy (non-hydrogen) atoms. The average Bonchev–Trinajstić information content (AvgIpc) is 2.85. The molecule has 0 aliphatic carbocycles. The second-order valence-electron chi connectivity index (χ2n) is 4.80. The van der Waals surface area contributed by atoms with Crippen molar-refractivity contribution >= 4 is 5.91 Å². The van der Waals surface area contributed by atoms with E-state index in [4.69, 9.17) is 0 Å². The average molecular weight is 250 g/mol. The topological polar surface area (TPSA) is 41.1 Å². The zero-order valence-corrected chi connectivity index (χ0v) is 10.6. The molecule has 0 unspecified atom stereocenters. The van der Waals surface area contributed by atoms with Gasteiger partial charge in [0, 0.05) is 18.2 Å². The van der Waals surface area contributed by atoms with Crippen LogP contribution in [0.1, 0.15) is 35.2 Å². The van der Waals surface area contributed by atoms with Crippen molar-refractivity contribution in [3.05, 3.63) is 35.1 Å². The van der Waals surface area contributed by atoms with Crippen LogP contribution >= 0.6 is 0 Å². The van der Waals surface area contributed by atoms with Crippen molar-refractivity contribution in [2.75, 3.05) is 13.1 Å². The number of hydrogen-bond donors (Lipinski definition) is 2. The van der Waals surface area contributed by atoms with Crippen LogP contribution in [-0.4, -0.2) is 25.0 Å². The highest BCUT2D eigenvalue weighted by atomic mass is 19.1. The van der Waals surface area contributed by atoms with Gasteiger partial charge in [-0.3, -0.25) is 4.79 Å². The van der Waals surface area contributed by atoms with Crippen molar-refractivity contribution in [2.45, 2.75) is 32.2 Å². The van der Waals surface area contributed by atoms with Crippen LogP contribution in [0.4, 0.5) is 4.39 Å². The van der Waals surface area contributed by atoms with Gasteiger partial charge in [-0.25, -0.2) is 4.39 Å².